The summed E-state index contributed by atoms with van der Waals surface area (Å²) in [5.74, 6) is -0.755. The van der Waals surface area contributed by atoms with Crippen LogP contribution in [0.15, 0.2) is 83.7 Å². The van der Waals surface area contributed by atoms with Crippen LogP contribution in [0.5, 0.6) is 0 Å². The lowest BCUT2D eigenvalue weighted by atomic mass is 10.1. The molecule has 1 aromatic heterocycles. The zero-order valence-corrected chi connectivity index (χ0v) is 18.4. The maximum absolute atomic E-state index is 12.9. The molecule has 3 aromatic carbocycles. The van der Waals surface area contributed by atoms with E-state index in [0.29, 0.717) is 21.4 Å². The number of hydrogen-bond acceptors (Lipinski definition) is 4. The minimum atomic E-state index is -0.431. The quantitative estimate of drug-likeness (QED) is 0.414. The highest BCUT2D eigenvalue weighted by Gasteiger charge is 2.17. The molecule has 0 radical (unpaired) electrons. The number of hydrogen-bond donors (Lipinski definition) is 2. The summed E-state index contributed by atoms with van der Waals surface area (Å²) in [6.07, 6.45) is 0. The predicted octanol–water partition coefficient (Wildman–Crippen LogP) is 3.26. The SMILES string of the molecule is O=C(NCCNC(=O)c1nn(Cc2ccccc2)c(=O)c2ccccc12)c1ccccc1Cl. The Hall–Kier alpha value is -3.97. The lowest BCUT2D eigenvalue weighted by Gasteiger charge is -2.12. The van der Waals surface area contributed by atoms with E-state index in [9.17, 15) is 14.4 Å². The lowest BCUT2D eigenvalue weighted by molar-refractivity contribution is 0.0925. The first-order valence-electron chi connectivity index (χ1n) is 10.4. The first kappa shape index (κ1) is 22.2. The van der Waals surface area contributed by atoms with Gasteiger partial charge in [0.15, 0.2) is 5.69 Å². The van der Waals surface area contributed by atoms with E-state index in [-0.39, 0.29) is 36.8 Å². The molecule has 0 aliphatic carbocycles. The van der Waals surface area contributed by atoms with Gasteiger partial charge in [-0.15, -0.1) is 0 Å². The number of aromatic nitrogens is 2. The van der Waals surface area contributed by atoms with Crippen LogP contribution in [0.1, 0.15) is 26.4 Å². The van der Waals surface area contributed by atoms with Crippen LogP contribution in [-0.2, 0) is 6.54 Å². The van der Waals surface area contributed by atoms with Gasteiger partial charge in [0.05, 0.1) is 22.5 Å². The Morgan fingerprint density at radius 2 is 1.39 bits per heavy atom. The molecule has 0 saturated heterocycles. The molecule has 166 valence electrons. The third-order valence-electron chi connectivity index (χ3n) is 5.07. The van der Waals surface area contributed by atoms with E-state index in [1.54, 1.807) is 48.5 Å². The summed E-state index contributed by atoms with van der Waals surface area (Å²) in [4.78, 5) is 38.1. The van der Waals surface area contributed by atoms with E-state index in [4.69, 9.17) is 11.6 Å². The van der Waals surface area contributed by atoms with Crippen LogP contribution < -0.4 is 16.2 Å². The fourth-order valence-corrected chi connectivity index (χ4v) is 3.66. The number of carbonyl (C=O) groups excluding carboxylic acids is 2. The molecule has 0 atom stereocenters. The van der Waals surface area contributed by atoms with Gasteiger partial charge in [-0.3, -0.25) is 14.4 Å². The number of nitrogens with one attached hydrogen (secondary N) is 2. The number of amides is 2. The zero-order valence-electron chi connectivity index (χ0n) is 17.6. The first-order chi connectivity index (χ1) is 16.0. The second-order valence-electron chi connectivity index (χ2n) is 7.33. The molecule has 0 unspecified atom stereocenters. The molecule has 0 spiro atoms. The van der Waals surface area contributed by atoms with Gasteiger partial charge in [-0.2, -0.15) is 5.10 Å². The van der Waals surface area contributed by atoms with Gasteiger partial charge in [0, 0.05) is 18.5 Å². The number of halogens is 1. The number of carbonyl (C=O) groups is 2. The Morgan fingerprint density at radius 1 is 0.788 bits per heavy atom. The first-order valence-corrected chi connectivity index (χ1v) is 10.8. The highest BCUT2D eigenvalue weighted by Crippen LogP contribution is 2.15. The second-order valence-corrected chi connectivity index (χ2v) is 7.74. The summed E-state index contributed by atoms with van der Waals surface area (Å²) in [6, 6.07) is 23.1. The Balaban J connectivity index is 1.49. The highest BCUT2D eigenvalue weighted by molar-refractivity contribution is 6.33. The van der Waals surface area contributed by atoms with Crippen LogP contribution in [0.2, 0.25) is 5.02 Å². The molecule has 2 N–H and O–H groups in total. The minimum absolute atomic E-state index is 0.151. The van der Waals surface area contributed by atoms with Crippen LogP contribution in [0, 0.1) is 0 Å². The standard InChI is InChI=1S/C25H21ClN4O3/c26-21-13-7-6-12-20(21)23(31)27-14-15-28-24(32)22-18-10-4-5-11-19(18)25(33)30(29-22)16-17-8-2-1-3-9-17/h1-13H,14-16H2,(H,27,31)(H,28,32). The van der Waals surface area contributed by atoms with Crippen molar-refractivity contribution in [2.45, 2.75) is 6.54 Å². The Kier molecular flexibility index (Phi) is 6.80. The summed E-state index contributed by atoms with van der Waals surface area (Å²) in [6.45, 7) is 0.638. The minimum Gasteiger partial charge on any atom is -0.350 e. The van der Waals surface area contributed by atoms with Crippen molar-refractivity contribution in [1.29, 1.82) is 0 Å². The van der Waals surface area contributed by atoms with E-state index in [0.717, 1.165) is 5.56 Å². The average molecular weight is 461 g/mol. The van der Waals surface area contributed by atoms with Crippen molar-refractivity contribution >= 4 is 34.2 Å². The van der Waals surface area contributed by atoms with E-state index >= 15 is 0 Å². The molecule has 4 aromatic rings. The van der Waals surface area contributed by atoms with Gasteiger partial charge in [0.2, 0.25) is 0 Å². The molecule has 4 rings (SSSR count). The Labute approximate surface area is 195 Å². The highest BCUT2D eigenvalue weighted by atomic mass is 35.5. The molecule has 33 heavy (non-hydrogen) atoms. The molecule has 2 amide bonds. The molecular weight excluding hydrogens is 440 g/mol. The summed E-state index contributed by atoms with van der Waals surface area (Å²) in [5.41, 5.74) is 1.15. The normalized spacial score (nSPS) is 10.7. The summed E-state index contributed by atoms with van der Waals surface area (Å²) >= 11 is 6.04. The third kappa shape index (κ3) is 5.10. The van der Waals surface area contributed by atoms with Crippen molar-refractivity contribution in [2.75, 3.05) is 13.1 Å². The fraction of sp³-hybridized carbons (Fsp3) is 0.120. The number of rotatable bonds is 7. The largest absolute Gasteiger partial charge is 0.350 e. The van der Waals surface area contributed by atoms with Crippen LogP contribution in [0.4, 0.5) is 0 Å². The van der Waals surface area contributed by atoms with Gasteiger partial charge in [-0.1, -0.05) is 72.3 Å². The Morgan fingerprint density at radius 3 is 2.12 bits per heavy atom. The van der Waals surface area contributed by atoms with Gasteiger partial charge in [-0.05, 0) is 23.8 Å². The summed E-state index contributed by atoms with van der Waals surface area (Å²) in [7, 11) is 0. The van der Waals surface area contributed by atoms with Crippen molar-refractivity contribution < 1.29 is 9.59 Å². The Bertz CT molecular complexity index is 1370. The molecule has 8 heteroatoms. The fourth-order valence-electron chi connectivity index (χ4n) is 3.44. The van der Waals surface area contributed by atoms with Crippen molar-refractivity contribution in [3.05, 3.63) is 111 Å². The zero-order chi connectivity index (χ0) is 23.2. The molecule has 7 nitrogen and oxygen atoms in total. The monoisotopic (exact) mass is 460 g/mol. The van der Waals surface area contributed by atoms with Gasteiger partial charge in [0.1, 0.15) is 0 Å². The number of benzene rings is 3. The van der Waals surface area contributed by atoms with Crippen LogP contribution in [0.3, 0.4) is 0 Å². The van der Waals surface area contributed by atoms with E-state index in [2.05, 4.69) is 15.7 Å². The smallest absolute Gasteiger partial charge is 0.274 e. The number of nitrogens with zero attached hydrogens (tertiary/aromatic N) is 2. The summed E-state index contributed by atoms with van der Waals surface area (Å²) < 4.78 is 1.30. The van der Waals surface area contributed by atoms with Crippen LogP contribution in [-0.4, -0.2) is 34.7 Å². The number of fused-ring (bicyclic) bond motifs is 1. The van der Waals surface area contributed by atoms with Gasteiger partial charge in [0.25, 0.3) is 17.4 Å². The van der Waals surface area contributed by atoms with Crippen LogP contribution >= 0.6 is 11.6 Å². The molecule has 0 bridgehead atoms. The van der Waals surface area contributed by atoms with E-state index in [1.807, 2.05) is 30.3 Å². The maximum atomic E-state index is 12.9. The molecule has 0 saturated carbocycles. The van der Waals surface area contributed by atoms with E-state index < -0.39 is 5.91 Å². The van der Waals surface area contributed by atoms with Gasteiger partial charge >= 0.3 is 0 Å². The van der Waals surface area contributed by atoms with Crippen molar-refractivity contribution in [3.63, 3.8) is 0 Å². The van der Waals surface area contributed by atoms with Gasteiger partial charge < -0.3 is 10.6 Å². The third-order valence-corrected chi connectivity index (χ3v) is 5.40. The molecular formula is C25H21ClN4O3. The van der Waals surface area contributed by atoms with Crippen LogP contribution in [0.25, 0.3) is 10.8 Å². The molecule has 0 fully saturated rings. The molecule has 1 heterocycles. The predicted molar refractivity (Wildman–Crippen MR) is 128 cm³/mol. The topological polar surface area (TPSA) is 93.1 Å². The maximum Gasteiger partial charge on any atom is 0.274 e. The van der Waals surface area contributed by atoms with Crippen molar-refractivity contribution in [2.24, 2.45) is 0 Å². The van der Waals surface area contributed by atoms with Crippen molar-refractivity contribution in [3.8, 4) is 0 Å². The molecule has 0 aliphatic heterocycles. The second kappa shape index (κ2) is 10.1. The average Bonchev–Trinajstić information content (AvgIpc) is 2.84. The van der Waals surface area contributed by atoms with Crippen molar-refractivity contribution in [1.82, 2.24) is 20.4 Å². The lowest BCUT2D eigenvalue weighted by Crippen LogP contribution is -2.36. The van der Waals surface area contributed by atoms with Gasteiger partial charge in [-0.25, -0.2) is 4.68 Å². The molecule has 0 aliphatic rings. The summed E-state index contributed by atoms with van der Waals surface area (Å²) in [5, 5.41) is 11.1. The van der Waals surface area contributed by atoms with E-state index in [1.165, 1.54) is 4.68 Å².